The molecule has 140 valence electrons. The van der Waals surface area contributed by atoms with Gasteiger partial charge in [-0.05, 0) is 48.9 Å². The van der Waals surface area contributed by atoms with Crippen LogP contribution in [-0.2, 0) is 5.60 Å². The Hall–Kier alpha value is -2.51. The number of thioether (sulfide) groups is 1. The number of aliphatic hydroxyl groups is 1. The first-order valence-corrected chi connectivity index (χ1v) is 10.2. The molecule has 1 aliphatic rings. The molecule has 1 aromatic heterocycles. The van der Waals surface area contributed by atoms with E-state index in [4.69, 9.17) is 0 Å². The van der Waals surface area contributed by atoms with Crippen LogP contribution in [0.2, 0.25) is 0 Å². The average molecular weight is 382 g/mol. The first-order valence-electron chi connectivity index (χ1n) is 8.95. The Morgan fingerprint density at radius 2 is 2.00 bits per heavy atom. The number of fused-ring (bicyclic) bond motifs is 1. The summed E-state index contributed by atoms with van der Waals surface area (Å²) in [6, 6.07) is 15.5. The normalized spacial score (nSPS) is 16.4. The Balaban J connectivity index is 1.43. The van der Waals surface area contributed by atoms with Gasteiger partial charge in [-0.3, -0.25) is 10.4 Å². The van der Waals surface area contributed by atoms with Crippen LogP contribution in [0.15, 0.2) is 53.4 Å². The largest absolute Gasteiger partial charge is 0.385 e. The lowest BCUT2D eigenvalue weighted by atomic mass is 9.84. The monoisotopic (exact) mass is 382 g/mol. The lowest BCUT2D eigenvalue weighted by Gasteiger charge is -2.38. The number of piperidine rings is 1. The number of urea groups is 1. The minimum absolute atomic E-state index is 0.188. The predicted octanol–water partition coefficient (Wildman–Crippen LogP) is 3.80. The van der Waals surface area contributed by atoms with Crippen molar-refractivity contribution in [2.75, 3.05) is 24.7 Å². The predicted molar refractivity (Wildman–Crippen MR) is 108 cm³/mol. The van der Waals surface area contributed by atoms with Gasteiger partial charge in [-0.15, -0.1) is 11.8 Å². The fourth-order valence-corrected chi connectivity index (χ4v) is 3.98. The molecule has 4 rings (SSSR count). The SMILES string of the molecule is CSc1cccc(C2(O)CCN(C(=O)Nc3n[nH]c4ccccc34)CC2)c1. The van der Waals surface area contributed by atoms with E-state index in [2.05, 4.69) is 15.5 Å². The second kappa shape index (κ2) is 7.25. The van der Waals surface area contributed by atoms with E-state index in [0.717, 1.165) is 21.4 Å². The number of likely N-dealkylation sites (tertiary alicyclic amines) is 1. The molecule has 1 fully saturated rings. The molecule has 0 atom stereocenters. The summed E-state index contributed by atoms with van der Waals surface area (Å²) in [6.07, 6.45) is 3.05. The zero-order valence-electron chi connectivity index (χ0n) is 15.1. The molecule has 3 aromatic rings. The van der Waals surface area contributed by atoms with Crippen molar-refractivity contribution in [3.63, 3.8) is 0 Å². The standard InChI is InChI=1S/C20H22N4O2S/c1-27-15-6-4-5-14(13-15)20(26)9-11-24(12-10-20)19(25)21-18-16-7-2-3-8-17(16)22-23-18/h2-8,13,26H,9-12H2,1H3,(H2,21,22,23,25). The summed E-state index contributed by atoms with van der Waals surface area (Å²) in [5.74, 6) is 0.532. The molecule has 1 saturated heterocycles. The topological polar surface area (TPSA) is 81.2 Å². The highest BCUT2D eigenvalue weighted by Crippen LogP contribution is 2.34. The van der Waals surface area contributed by atoms with Gasteiger partial charge in [0.05, 0.1) is 11.1 Å². The minimum Gasteiger partial charge on any atom is -0.385 e. The van der Waals surface area contributed by atoms with Crippen molar-refractivity contribution in [3.8, 4) is 0 Å². The molecule has 2 heterocycles. The van der Waals surface area contributed by atoms with Crippen LogP contribution < -0.4 is 5.32 Å². The molecule has 6 nitrogen and oxygen atoms in total. The number of hydrogen-bond donors (Lipinski definition) is 3. The summed E-state index contributed by atoms with van der Waals surface area (Å²) >= 11 is 1.66. The fourth-order valence-electron chi connectivity index (χ4n) is 3.52. The van der Waals surface area contributed by atoms with Gasteiger partial charge in [0.2, 0.25) is 0 Å². The number of aromatic amines is 1. The molecule has 0 spiro atoms. The van der Waals surface area contributed by atoms with Crippen molar-refractivity contribution < 1.29 is 9.90 Å². The van der Waals surface area contributed by atoms with E-state index in [1.165, 1.54) is 0 Å². The summed E-state index contributed by atoms with van der Waals surface area (Å²) in [5.41, 5.74) is 0.920. The number of para-hydroxylation sites is 1. The minimum atomic E-state index is -0.887. The first kappa shape index (κ1) is 17.9. The number of carbonyl (C=O) groups excluding carboxylic acids is 1. The molecule has 7 heteroatoms. The molecule has 27 heavy (non-hydrogen) atoms. The van der Waals surface area contributed by atoms with Crippen LogP contribution in [0.1, 0.15) is 18.4 Å². The Kier molecular flexibility index (Phi) is 4.80. The number of aromatic nitrogens is 2. The number of hydrogen-bond acceptors (Lipinski definition) is 4. The lowest BCUT2D eigenvalue weighted by Crippen LogP contribution is -2.46. The van der Waals surface area contributed by atoms with Crippen molar-refractivity contribution in [1.82, 2.24) is 15.1 Å². The summed E-state index contributed by atoms with van der Waals surface area (Å²) in [5, 5.41) is 21.9. The van der Waals surface area contributed by atoms with Crippen molar-refractivity contribution in [3.05, 3.63) is 54.1 Å². The van der Waals surface area contributed by atoms with E-state index in [1.807, 2.05) is 54.8 Å². The van der Waals surface area contributed by atoms with Crippen molar-refractivity contribution in [1.29, 1.82) is 0 Å². The summed E-state index contributed by atoms with van der Waals surface area (Å²) in [6.45, 7) is 0.988. The van der Waals surface area contributed by atoms with Crippen LogP contribution in [-0.4, -0.2) is 45.6 Å². The Labute approximate surface area is 162 Å². The zero-order chi connectivity index (χ0) is 18.9. The van der Waals surface area contributed by atoms with E-state index in [9.17, 15) is 9.90 Å². The third-order valence-electron chi connectivity index (χ3n) is 5.18. The van der Waals surface area contributed by atoms with Gasteiger partial charge in [-0.25, -0.2) is 4.79 Å². The molecule has 3 N–H and O–H groups in total. The van der Waals surface area contributed by atoms with Gasteiger partial charge < -0.3 is 10.0 Å². The quantitative estimate of drug-likeness (QED) is 0.602. The number of nitrogens with one attached hydrogen (secondary N) is 2. The maximum Gasteiger partial charge on any atom is 0.323 e. The molecule has 2 amide bonds. The fraction of sp³-hybridized carbons (Fsp3) is 0.300. The van der Waals surface area contributed by atoms with Crippen molar-refractivity contribution in [2.24, 2.45) is 0 Å². The second-order valence-electron chi connectivity index (χ2n) is 6.80. The van der Waals surface area contributed by atoms with E-state index in [1.54, 1.807) is 16.7 Å². The maximum atomic E-state index is 12.6. The summed E-state index contributed by atoms with van der Waals surface area (Å²) in [7, 11) is 0. The molecular weight excluding hydrogens is 360 g/mol. The van der Waals surface area contributed by atoms with Crippen LogP contribution in [0.4, 0.5) is 10.6 Å². The van der Waals surface area contributed by atoms with Gasteiger partial charge in [0.1, 0.15) is 0 Å². The number of benzene rings is 2. The van der Waals surface area contributed by atoms with E-state index < -0.39 is 5.60 Å². The smallest absolute Gasteiger partial charge is 0.323 e. The van der Waals surface area contributed by atoms with Crippen LogP contribution >= 0.6 is 11.8 Å². The zero-order valence-corrected chi connectivity index (χ0v) is 15.9. The third-order valence-corrected chi connectivity index (χ3v) is 5.91. The van der Waals surface area contributed by atoms with Gasteiger partial charge in [-0.2, -0.15) is 5.10 Å². The molecule has 0 radical (unpaired) electrons. The first-order chi connectivity index (χ1) is 13.1. The molecule has 0 aliphatic carbocycles. The van der Waals surface area contributed by atoms with Gasteiger partial charge in [-0.1, -0.05) is 24.3 Å². The van der Waals surface area contributed by atoms with E-state index in [0.29, 0.717) is 31.7 Å². The Bertz CT molecular complexity index is 963. The van der Waals surface area contributed by atoms with Gasteiger partial charge in [0.25, 0.3) is 0 Å². The molecule has 0 saturated carbocycles. The van der Waals surface area contributed by atoms with Gasteiger partial charge in [0, 0.05) is 23.4 Å². The number of rotatable bonds is 3. The Morgan fingerprint density at radius 1 is 1.22 bits per heavy atom. The average Bonchev–Trinajstić information content (AvgIpc) is 3.11. The molecule has 0 bridgehead atoms. The summed E-state index contributed by atoms with van der Waals surface area (Å²) < 4.78 is 0. The lowest BCUT2D eigenvalue weighted by molar-refractivity contribution is -0.0158. The molecule has 0 unspecified atom stereocenters. The van der Waals surface area contributed by atoms with E-state index >= 15 is 0 Å². The van der Waals surface area contributed by atoms with Crippen LogP contribution in [0.3, 0.4) is 0 Å². The Morgan fingerprint density at radius 3 is 2.78 bits per heavy atom. The highest BCUT2D eigenvalue weighted by Gasteiger charge is 2.35. The number of H-pyrrole nitrogens is 1. The van der Waals surface area contributed by atoms with Crippen LogP contribution in [0.5, 0.6) is 0 Å². The van der Waals surface area contributed by atoms with Crippen molar-refractivity contribution >= 4 is 34.5 Å². The van der Waals surface area contributed by atoms with Crippen LogP contribution in [0, 0.1) is 0 Å². The highest BCUT2D eigenvalue weighted by atomic mass is 32.2. The third kappa shape index (κ3) is 3.52. The number of anilines is 1. The van der Waals surface area contributed by atoms with Crippen molar-refractivity contribution in [2.45, 2.75) is 23.3 Å². The molecular formula is C20H22N4O2S. The number of carbonyl (C=O) groups is 1. The highest BCUT2D eigenvalue weighted by molar-refractivity contribution is 7.98. The number of nitrogens with zero attached hydrogens (tertiary/aromatic N) is 2. The summed E-state index contributed by atoms with van der Waals surface area (Å²) in [4.78, 5) is 15.5. The van der Waals surface area contributed by atoms with Gasteiger partial charge >= 0.3 is 6.03 Å². The van der Waals surface area contributed by atoms with E-state index in [-0.39, 0.29) is 6.03 Å². The molecule has 2 aromatic carbocycles. The van der Waals surface area contributed by atoms with Gasteiger partial charge in [0.15, 0.2) is 5.82 Å². The number of amides is 2. The van der Waals surface area contributed by atoms with Crippen LogP contribution in [0.25, 0.3) is 10.9 Å². The second-order valence-corrected chi connectivity index (χ2v) is 7.68. The molecule has 1 aliphatic heterocycles. The maximum absolute atomic E-state index is 12.6.